The van der Waals surface area contributed by atoms with Crippen LogP contribution in [0.4, 0.5) is 0 Å². The quantitative estimate of drug-likeness (QED) is 0.676. The summed E-state index contributed by atoms with van der Waals surface area (Å²) in [5.74, 6) is -2.06. The predicted molar refractivity (Wildman–Crippen MR) is 61.9 cm³/mol. The first-order valence-corrected chi connectivity index (χ1v) is 6.10. The van der Waals surface area contributed by atoms with Crippen LogP contribution in [0.3, 0.4) is 0 Å². The molecule has 7 nitrogen and oxygen atoms in total. The number of amides is 1. The Labute approximate surface area is 110 Å². The van der Waals surface area contributed by atoms with E-state index in [2.05, 4.69) is 10.1 Å². The second-order valence-corrected chi connectivity index (χ2v) is 4.84. The van der Waals surface area contributed by atoms with Crippen LogP contribution < -0.4 is 5.32 Å². The Morgan fingerprint density at radius 1 is 1.21 bits per heavy atom. The molecule has 0 spiro atoms. The molecule has 3 atom stereocenters. The Morgan fingerprint density at radius 3 is 2.47 bits per heavy atom. The van der Waals surface area contributed by atoms with E-state index in [1.165, 1.54) is 14.2 Å². The van der Waals surface area contributed by atoms with Crippen LogP contribution in [-0.2, 0) is 28.6 Å². The van der Waals surface area contributed by atoms with E-state index < -0.39 is 29.3 Å². The molecule has 0 aromatic carbocycles. The molecule has 1 N–H and O–H groups in total. The summed E-state index contributed by atoms with van der Waals surface area (Å²) >= 11 is 0. The molecule has 0 radical (unpaired) electrons. The fourth-order valence-electron chi connectivity index (χ4n) is 2.30. The van der Waals surface area contributed by atoms with Crippen molar-refractivity contribution < 1.29 is 28.6 Å². The Hall–Kier alpha value is -1.63. The number of hydrogen-bond donors (Lipinski definition) is 1. The minimum Gasteiger partial charge on any atom is -0.469 e. The van der Waals surface area contributed by atoms with Crippen LogP contribution in [0.25, 0.3) is 0 Å². The second kappa shape index (κ2) is 5.16. The maximum absolute atomic E-state index is 12.0. The first-order chi connectivity index (χ1) is 9.04. The van der Waals surface area contributed by atoms with Gasteiger partial charge in [-0.05, 0) is 6.42 Å². The zero-order valence-corrected chi connectivity index (χ0v) is 10.9. The molecule has 1 saturated carbocycles. The smallest absolute Gasteiger partial charge is 0.334 e. The summed E-state index contributed by atoms with van der Waals surface area (Å²) in [5, 5.41) is 2.67. The second-order valence-electron chi connectivity index (χ2n) is 4.84. The van der Waals surface area contributed by atoms with Gasteiger partial charge in [-0.25, -0.2) is 4.79 Å². The zero-order chi connectivity index (χ0) is 14.0. The van der Waals surface area contributed by atoms with Crippen LogP contribution in [0.2, 0.25) is 0 Å². The van der Waals surface area contributed by atoms with Crippen molar-refractivity contribution in [3.8, 4) is 0 Å². The Kier molecular flexibility index (Phi) is 3.75. The topological polar surface area (TPSA) is 90.9 Å². The lowest BCUT2D eigenvalue weighted by Crippen LogP contribution is -2.56. The molecule has 1 saturated heterocycles. The van der Waals surface area contributed by atoms with E-state index in [0.717, 1.165) is 0 Å². The molecule has 1 aliphatic carbocycles. The summed E-state index contributed by atoms with van der Waals surface area (Å²) in [4.78, 5) is 35.1. The van der Waals surface area contributed by atoms with Crippen molar-refractivity contribution >= 4 is 17.8 Å². The molecule has 1 aliphatic heterocycles. The van der Waals surface area contributed by atoms with Crippen LogP contribution in [0, 0.1) is 11.8 Å². The summed E-state index contributed by atoms with van der Waals surface area (Å²) in [6.45, 7) is 0.488. The van der Waals surface area contributed by atoms with Gasteiger partial charge in [0.25, 0.3) is 0 Å². The van der Waals surface area contributed by atoms with E-state index in [4.69, 9.17) is 9.47 Å². The zero-order valence-electron chi connectivity index (χ0n) is 10.9. The lowest BCUT2D eigenvalue weighted by molar-refractivity contribution is -0.151. The molecule has 0 aromatic rings. The molecular formula is C12H17NO6. The third-order valence-corrected chi connectivity index (χ3v) is 3.59. The van der Waals surface area contributed by atoms with Gasteiger partial charge in [-0.2, -0.15) is 0 Å². The number of carbonyl (C=O) groups is 3. The number of ether oxygens (including phenoxy) is 3. The molecule has 0 aromatic heterocycles. The standard InChI is InChI=1S/C12H17NO6/c1-17-10(15)8-5-7(8)9(14)13-12(11(16)18-2)3-4-19-6-12/h7-8H,3-6H2,1-2H3,(H,13,14)/t7-,8+,12+/m1/s1. The van der Waals surface area contributed by atoms with Gasteiger partial charge in [0.1, 0.15) is 0 Å². The highest BCUT2D eigenvalue weighted by Gasteiger charge is 2.53. The molecule has 2 fully saturated rings. The van der Waals surface area contributed by atoms with Crippen molar-refractivity contribution in [3.63, 3.8) is 0 Å². The Bertz CT molecular complexity index is 401. The molecule has 1 heterocycles. The Morgan fingerprint density at radius 2 is 1.95 bits per heavy atom. The first kappa shape index (κ1) is 13.8. The number of methoxy groups -OCH3 is 2. The fraction of sp³-hybridized carbons (Fsp3) is 0.750. The minimum absolute atomic E-state index is 0.0982. The van der Waals surface area contributed by atoms with Crippen LogP contribution in [-0.4, -0.2) is 50.8 Å². The monoisotopic (exact) mass is 271 g/mol. The number of nitrogens with one attached hydrogen (secondary N) is 1. The van der Waals surface area contributed by atoms with Gasteiger partial charge in [0.05, 0.1) is 32.7 Å². The van der Waals surface area contributed by atoms with Gasteiger partial charge >= 0.3 is 11.9 Å². The van der Waals surface area contributed by atoms with Gasteiger partial charge in [-0.1, -0.05) is 0 Å². The average Bonchev–Trinajstić information content (AvgIpc) is 3.10. The lowest BCUT2D eigenvalue weighted by Gasteiger charge is -2.25. The molecule has 2 aliphatic rings. The molecule has 19 heavy (non-hydrogen) atoms. The van der Waals surface area contributed by atoms with Crippen LogP contribution in [0.1, 0.15) is 12.8 Å². The average molecular weight is 271 g/mol. The fourth-order valence-corrected chi connectivity index (χ4v) is 2.30. The number of esters is 2. The van der Waals surface area contributed by atoms with Crippen molar-refractivity contribution in [3.05, 3.63) is 0 Å². The predicted octanol–water partition coefficient (Wildman–Crippen LogP) is -0.756. The van der Waals surface area contributed by atoms with Crippen LogP contribution >= 0.6 is 0 Å². The Balaban J connectivity index is 1.98. The van der Waals surface area contributed by atoms with E-state index in [9.17, 15) is 14.4 Å². The van der Waals surface area contributed by atoms with Crippen molar-refractivity contribution in [2.24, 2.45) is 11.8 Å². The van der Waals surface area contributed by atoms with E-state index in [0.29, 0.717) is 19.4 Å². The van der Waals surface area contributed by atoms with E-state index >= 15 is 0 Å². The van der Waals surface area contributed by atoms with Crippen molar-refractivity contribution in [1.29, 1.82) is 0 Å². The number of hydrogen-bond acceptors (Lipinski definition) is 6. The molecule has 106 valence electrons. The summed E-state index contributed by atoms with van der Waals surface area (Å²) in [6.07, 6.45) is 0.831. The molecule has 1 amide bonds. The highest BCUT2D eigenvalue weighted by molar-refractivity contribution is 5.94. The maximum Gasteiger partial charge on any atom is 0.334 e. The van der Waals surface area contributed by atoms with Gasteiger partial charge in [-0.15, -0.1) is 0 Å². The summed E-state index contributed by atoms with van der Waals surface area (Å²) in [6, 6.07) is 0. The minimum atomic E-state index is -1.12. The first-order valence-electron chi connectivity index (χ1n) is 6.10. The van der Waals surface area contributed by atoms with Crippen LogP contribution in [0.5, 0.6) is 0 Å². The number of rotatable bonds is 4. The molecule has 0 unspecified atom stereocenters. The molecule has 0 bridgehead atoms. The number of carbonyl (C=O) groups excluding carboxylic acids is 3. The summed E-state index contributed by atoms with van der Waals surface area (Å²) in [7, 11) is 2.55. The SMILES string of the molecule is COC(=O)[C@H]1C[C@H]1C(=O)N[C@@]1(C(=O)OC)CCOC1. The summed E-state index contributed by atoms with van der Waals surface area (Å²) < 4.78 is 14.5. The van der Waals surface area contributed by atoms with Crippen molar-refractivity contribution in [2.45, 2.75) is 18.4 Å². The lowest BCUT2D eigenvalue weighted by atomic mass is 9.98. The van der Waals surface area contributed by atoms with Gasteiger partial charge < -0.3 is 19.5 Å². The van der Waals surface area contributed by atoms with Crippen molar-refractivity contribution in [2.75, 3.05) is 27.4 Å². The van der Waals surface area contributed by atoms with Gasteiger partial charge in [0.2, 0.25) is 5.91 Å². The molecule has 7 heteroatoms. The van der Waals surface area contributed by atoms with Gasteiger partial charge in [-0.3, -0.25) is 9.59 Å². The highest BCUT2D eigenvalue weighted by atomic mass is 16.5. The maximum atomic E-state index is 12.0. The molecular weight excluding hydrogens is 254 g/mol. The molecule has 2 rings (SSSR count). The largest absolute Gasteiger partial charge is 0.469 e. The third-order valence-electron chi connectivity index (χ3n) is 3.59. The van der Waals surface area contributed by atoms with Crippen molar-refractivity contribution in [1.82, 2.24) is 5.32 Å². The third kappa shape index (κ3) is 2.56. The van der Waals surface area contributed by atoms with E-state index in [1.54, 1.807) is 0 Å². The van der Waals surface area contributed by atoms with Crippen LogP contribution in [0.15, 0.2) is 0 Å². The van der Waals surface area contributed by atoms with E-state index in [-0.39, 0.29) is 12.5 Å². The van der Waals surface area contributed by atoms with Gasteiger partial charge in [0, 0.05) is 13.0 Å². The van der Waals surface area contributed by atoms with E-state index in [1.807, 2.05) is 0 Å². The summed E-state index contributed by atoms with van der Waals surface area (Å²) in [5.41, 5.74) is -1.12. The normalized spacial score (nSPS) is 32.5. The highest BCUT2D eigenvalue weighted by Crippen LogP contribution is 2.40. The van der Waals surface area contributed by atoms with Gasteiger partial charge in [0.15, 0.2) is 5.54 Å².